The van der Waals surface area contributed by atoms with E-state index in [0.29, 0.717) is 43.1 Å². The molecule has 0 bridgehead atoms. The number of H-pyrrole nitrogens is 1. The molecule has 0 aliphatic heterocycles. The highest BCUT2D eigenvalue weighted by Gasteiger charge is 2.08. The minimum Gasteiger partial charge on any atom is -0.497 e. The Bertz CT molecular complexity index is 849. The molecular formula is C18H23IN6O3. The van der Waals surface area contributed by atoms with E-state index in [1.54, 1.807) is 26.5 Å². The Balaban J connectivity index is 0.00000280. The molecule has 0 unspecified atom stereocenters. The zero-order valence-electron chi connectivity index (χ0n) is 15.6. The van der Waals surface area contributed by atoms with Crippen LogP contribution in [-0.2, 0) is 6.54 Å². The van der Waals surface area contributed by atoms with Crippen LogP contribution in [-0.4, -0.2) is 48.5 Å². The van der Waals surface area contributed by atoms with Crippen molar-refractivity contribution in [2.24, 2.45) is 4.99 Å². The molecule has 3 N–H and O–H groups in total. The summed E-state index contributed by atoms with van der Waals surface area (Å²) in [7, 11) is 3.34. The first-order valence-electron chi connectivity index (χ1n) is 8.45. The number of methoxy groups -OCH3 is 1. The number of halogens is 1. The number of nitrogens with zero attached hydrogens (tertiary/aromatic N) is 3. The molecule has 2 aromatic heterocycles. The third kappa shape index (κ3) is 6.15. The number of aliphatic imine (C=N–C) groups is 1. The van der Waals surface area contributed by atoms with E-state index in [2.05, 4.69) is 30.8 Å². The number of nitrogens with one attached hydrogen (secondary N) is 3. The van der Waals surface area contributed by atoms with Gasteiger partial charge in [-0.1, -0.05) is 0 Å². The lowest BCUT2D eigenvalue weighted by Crippen LogP contribution is -2.39. The Morgan fingerprint density at radius 2 is 1.96 bits per heavy atom. The number of furan rings is 1. The smallest absolute Gasteiger partial charge is 0.216 e. The fourth-order valence-electron chi connectivity index (χ4n) is 2.29. The second-order valence-corrected chi connectivity index (χ2v) is 5.46. The molecule has 0 fully saturated rings. The first kappa shape index (κ1) is 21.5. The van der Waals surface area contributed by atoms with Crippen LogP contribution in [0, 0.1) is 0 Å². The van der Waals surface area contributed by atoms with Gasteiger partial charge in [0.15, 0.2) is 11.7 Å². The van der Waals surface area contributed by atoms with Crippen LogP contribution in [0.5, 0.6) is 11.5 Å². The van der Waals surface area contributed by atoms with Gasteiger partial charge in [-0.15, -0.1) is 29.1 Å². The largest absolute Gasteiger partial charge is 0.497 e. The fraction of sp³-hybridized carbons (Fsp3) is 0.278. The van der Waals surface area contributed by atoms with Crippen LogP contribution in [0.3, 0.4) is 0 Å². The monoisotopic (exact) mass is 498 g/mol. The third-order valence-electron chi connectivity index (χ3n) is 3.64. The fourth-order valence-corrected chi connectivity index (χ4v) is 2.29. The highest BCUT2D eigenvalue weighted by Crippen LogP contribution is 2.16. The van der Waals surface area contributed by atoms with Gasteiger partial charge in [0.25, 0.3) is 0 Å². The van der Waals surface area contributed by atoms with Crippen molar-refractivity contribution >= 4 is 29.9 Å². The van der Waals surface area contributed by atoms with Gasteiger partial charge in [-0.05, 0) is 36.4 Å². The van der Waals surface area contributed by atoms with E-state index >= 15 is 0 Å². The van der Waals surface area contributed by atoms with Gasteiger partial charge in [0.1, 0.15) is 23.9 Å². The molecule has 3 rings (SSSR count). The predicted molar refractivity (Wildman–Crippen MR) is 116 cm³/mol. The Morgan fingerprint density at radius 3 is 2.64 bits per heavy atom. The molecule has 0 saturated heterocycles. The van der Waals surface area contributed by atoms with Crippen molar-refractivity contribution in [2.45, 2.75) is 6.54 Å². The Labute approximate surface area is 180 Å². The average Bonchev–Trinajstić information content (AvgIpc) is 3.39. The number of hydrogen-bond donors (Lipinski definition) is 3. The minimum atomic E-state index is 0. The number of benzene rings is 1. The lowest BCUT2D eigenvalue weighted by molar-refractivity contribution is 0.321. The van der Waals surface area contributed by atoms with Gasteiger partial charge in [0.2, 0.25) is 5.82 Å². The van der Waals surface area contributed by atoms with Crippen molar-refractivity contribution < 1.29 is 13.9 Å². The van der Waals surface area contributed by atoms with Crippen molar-refractivity contribution in [2.75, 3.05) is 27.3 Å². The Kier molecular flexibility index (Phi) is 8.59. The molecule has 2 heterocycles. The standard InChI is InChI=1S/C18H22N6O3.HI/c1-19-18(20-9-11-26-14-7-5-13(25-2)6-8-14)21-12-16-22-17(24-23-16)15-4-3-10-27-15;/h3-8,10H,9,11-12H2,1-2H3,(H2,19,20,21)(H,22,23,24);1H. The maximum Gasteiger partial charge on any atom is 0.216 e. The van der Waals surface area contributed by atoms with Crippen LogP contribution < -0.4 is 20.1 Å². The molecule has 28 heavy (non-hydrogen) atoms. The van der Waals surface area contributed by atoms with Crippen molar-refractivity contribution in [1.82, 2.24) is 25.8 Å². The highest BCUT2D eigenvalue weighted by atomic mass is 127. The molecule has 0 saturated carbocycles. The number of aromatic nitrogens is 3. The van der Waals surface area contributed by atoms with Gasteiger partial charge >= 0.3 is 0 Å². The Morgan fingerprint density at radius 1 is 1.18 bits per heavy atom. The molecule has 10 heteroatoms. The molecule has 3 aromatic rings. The van der Waals surface area contributed by atoms with E-state index in [1.807, 2.05) is 30.3 Å². The van der Waals surface area contributed by atoms with E-state index in [-0.39, 0.29) is 24.0 Å². The molecular weight excluding hydrogens is 475 g/mol. The topological polar surface area (TPSA) is 110 Å². The summed E-state index contributed by atoms with van der Waals surface area (Å²) in [6, 6.07) is 11.1. The van der Waals surface area contributed by atoms with Crippen LogP contribution in [0.25, 0.3) is 11.6 Å². The van der Waals surface area contributed by atoms with E-state index in [9.17, 15) is 0 Å². The number of rotatable bonds is 8. The zero-order chi connectivity index (χ0) is 18.9. The second-order valence-electron chi connectivity index (χ2n) is 5.46. The van der Waals surface area contributed by atoms with Crippen LogP contribution in [0.15, 0.2) is 52.1 Å². The summed E-state index contributed by atoms with van der Waals surface area (Å²) in [4.78, 5) is 8.54. The van der Waals surface area contributed by atoms with E-state index in [1.165, 1.54) is 0 Å². The quantitative estimate of drug-likeness (QED) is 0.190. The summed E-state index contributed by atoms with van der Waals surface area (Å²) in [5.74, 6) is 4.05. The van der Waals surface area contributed by atoms with Crippen molar-refractivity contribution in [3.8, 4) is 23.1 Å². The third-order valence-corrected chi connectivity index (χ3v) is 3.64. The number of guanidine groups is 1. The normalized spacial score (nSPS) is 10.9. The van der Waals surface area contributed by atoms with E-state index in [0.717, 1.165) is 11.5 Å². The van der Waals surface area contributed by atoms with E-state index < -0.39 is 0 Å². The van der Waals surface area contributed by atoms with Crippen LogP contribution in [0.1, 0.15) is 5.82 Å². The lowest BCUT2D eigenvalue weighted by atomic mass is 10.3. The minimum absolute atomic E-state index is 0. The molecule has 0 atom stereocenters. The first-order valence-corrected chi connectivity index (χ1v) is 8.45. The van der Waals surface area contributed by atoms with Crippen molar-refractivity contribution in [1.29, 1.82) is 0 Å². The molecule has 0 spiro atoms. The summed E-state index contributed by atoms with van der Waals surface area (Å²) in [6.07, 6.45) is 1.59. The van der Waals surface area contributed by atoms with Crippen molar-refractivity contribution in [3.05, 3.63) is 48.5 Å². The second kappa shape index (κ2) is 11.2. The van der Waals surface area contributed by atoms with Gasteiger partial charge in [0.05, 0.1) is 26.5 Å². The Hall–Kier alpha value is -2.76. The SMILES string of the molecule is CN=C(NCCOc1ccc(OC)cc1)NCc1nc(-c2ccco2)n[nH]1.I. The number of aromatic amines is 1. The van der Waals surface area contributed by atoms with Gasteiger partial charge in [-0.2, -0.15) is 0 Å². The molecule has 9 nitrogen and oxygen atoms in total. The maximum absolute atomic E-state index is 5.67. The van der Waals surface area contributed by atoms with Gasteiger partial charge < -0.3 is 24.5 Å². The molecule has 1 aromatic carbocycles. The average molecular weight is 498 g/mol. The molecule has 0 aliphatic carbocycles. The number of hydrogen-bond acceptors (Lipinski definition) is 6. The zero-order valence-corrected chi connectivity index (χ0v) is 18.0. The van der Waals surface area contributed by atoms with Gasteiger partial charge in [-0.3, -0.25) is 10.1 Å². The summed E-state index contributed by atoms with van der Waals surface area (Å²) in [5.41, 5.74) is 0. The van der Waals surface area contributed by atoms with E-state index in [4.69, 9.17) is 13.9 Å². The molecule has 0 amide bonds. The van der Waals surface area contributed by atoms with Crippen LogP contribution in [0.4, 0.5) is 0 Å². The summed E-state index contributed by atoms with van der Waals surface area (Å²) < 4.78 is 16.1. The molecule has 150 valence electrons. The summed E-state index contributed by atoms with van der Waals surface area (Å²) in [6.45, 7) is 1.55. The van der Waals surface area contributed by atoms with Gasteiger partial charge in [-0.25, -0.2) is 4.98 Å². The summed E-state index contributed by atoms with van der Waals surface area (Å²) in [5, 5.41) is 13.3. The molecule has 0 radical (unpaired) electrons. The van der Waals surface area contributed by atoms with Crippen molar-refractivity contribution in [3.63, 3.8) is 0 Å². The van der Waals surface area contributed by atoms with Gasteiger partial charge in [0, 0.05) is 7.05 Å². The highest BCUT2D eigenvalue weighted by molar-refractivity contribution is 14.0. The number of ether oxygens (including phenoxy) is 2. The first-order chi connectivity index (χ1) is 13.3. The predicted octanol–water partition coefficient (Wildman–Crippen LogP) is 2.44. The molecule has 0 aliphatic rings. The maximum atomic E-state index is 5.67. The van der Waals surface area contributed by atoms with Crippen LogP contribution >= 0.6 is 24.0 Å². The lowest BCUT2D eigenvalue weighted by Gasteiger charge is -2.11. The van der Waals surface area contributed by atoms with Crippen LogP contribution in [0.2, 0.25) is 0 Å². The summed E-state index contributed by atoms with van der Waals surface area (Å²) >= 11 is 0.